The average Bonchev–Trinajstić information content (AvgIpc) is 3.43. The Morgan fingerprint density at radius 3 is 2.84 bits per heavy atom. The highest BCUT2D eigenvalue weighted by molar-refractivity contribution is 7.09. The van der Waals surface area contributed by atoms with E-state index in [1.54, 1.807) is 12.1 Å². The van der Waals surface area contributed by atoms with Gasteiger partial charge >= 0.3 is 0 Å². The van der Waals surface area contributed by atoms with Gasteiger partial charge in [-0.1, -0.05) is 18.6 Å². The molecule has 0 bridgehead atoms. The monoisotopic (exact) mass is 445 g/mol. The predicted octanol–water partition coefficient (Wildman–Crippen LogP) is 3.62. The Kier molecular flexibility index (Phi) is 7.50. The van der Waals surface area contributed by atoms with Crippen molar-refractivity contribution in [1.29, 1.82) is 0 Å². The summed E-state index contributed by atoms with van der Waals surface area (Å²) >= 11 is 1.34. The lowest BCUT2D eigenvalue weighted by Crippen LogP contribution is -2.44. The number of anilines is 1. The van der Waals surface area contributed by atoms with Crippen molar-refractivity contribution in [2.45, 2.75) is 64.0 Å². The second-order valence-corrected chi connectivity index (χ2v) is 9.40. The molecule has 2 fully saturated rings. The normalized spacial score (nSPS) is 22.1. The third kappa shape index (κ3) is 5.80. The summed E-state index contributed by atoms with van der Waals surface area (Å²) in [4.78, 5) is 22.1. The summed E-state index contributed by atoms with van der Waals surface area (Å²) in [6.45, 7) is 6.09. The molecule has 4 rings (SSSR count). The molecule has 2 aliphatic rings. The van der Waals surface area contributed by atoms with Gasteiger partial charge in [0.1, 0.15) is 17.7 Å². The van der Waals surface area contributed by atoms with Crippen LogP contribution in [0.3, 0.4) is 0 Å². The zero-order chi connectivity index (χ0) is 21.6. The van der Waals surface area contributed by atoms with Crippen LogP contribution in [0.15, 0.2) is 24.3 Å². The second-order valence-electron chi connectivity index (χ2n) is 8.67. The maximum Gasteiger partial charge on any atom is 0.242 e. The highest BCUT2D eigenvalue weighted by atomic mass is 32.1. The number of aromatic nitrogens is 2. The highest BCUT2D eigenvalue weighted by Gasteiger charge is 2.32. The number of carbonyl (C=O) groups is 1. The van der Waals surface area contributed by atoms with Gasteiger partial charge in [-0.05, 0) is 63.3 Å². The number of nitrogens with zero attached hydrogens (tertiary/aromatic N) is 4. The molecule has 1 aromatic heterocycles. The quantitative estimate of drug-likeness (QED) is 0.629. The van der Waals surface area contributed by atoms with Crippen molar-refractivity contribution >= 4 is 22.6 Å². The first-order valence-electron chi connectivity index (χ1n) is 11.5. The van der Waals surface area contributed by atoms with Gasteiger partial charge in [-0.3, -0.25) is 4.79 Å². The summed E-state index contributed by atoms with van der Waals surface area (Å²) in [5, 5.41) is 3.95. The highest BCUT2D eigenvalue weighted by Crippen LogP contribution is 2.28. The number of halogens is 1. The van der Waals surface area contributed by atoms with Crippen LogP contribution < -0.4 is 10.2 Å². The molecule has 1 aromatic carbocycles. The van der Waals surface area contributed by atoms with E-state index in [0.717, 1.165) is 49.6 Å². The van der Waals surface area contributed by atoms with Crippen molar-refractivity contribution in [3.05, 3.63) is 41.5 Å². The third-order valence-corrected chi connectivity index (χ3v) is 7.19. The van der Waals surface area contributed by atoms with Gasteiger partial charge in [0.2, 0.25) is 11.0 Å². The van der Waals surface area contributed by atoms with E-state index in [-0.39, 0.29) is 17.8 Å². The van der Waals surface area contributed by atoms with Gasteiger partial charge in [-0.15, -0.1) is 0 Å². The molecular weight excluding hydrogens is 413 g/mol. The van der Waals surface area contributed by atoms with Crippen molar-refractivity contribution in [1.82, 2.24) is 19.6 Å². The molecule has 2 aliphatic heterocycles. The molecule has 2 aromatic rings. The van der Waals surface area contributed by atoms with E-state index in [2.05, 4.69) is 31.4 Å². The van der Waals surface area contributed by atoms with Crippen LogP contribution in [0.4, 0.5) is 9.52 Å². The average molecular weight is 446 g/mol. The molecule has 3 heterocycles. The molecule has 6 nitrogen and oxygen atoms in total. The predicted molar refractivity (Wildman–Crippen MR) is 122 cm³/mol. The largest absolute Gasteiger partial charge is 0.354 e. The molecule has 2 atom stereocenters. The van der Waals surface area contributed by atoms with Crippen LogP contribution in [-0.2, 0) is 11.2 Å². The molecule has 0 saturated carbocycles. The Hall–Kier alpha value is -2.06. The number of likely N-dealkylation sites (tertiary alicyclic amines) is 1. The summed E-state index contributed by atoms with van der Waals surface area (Å²) in [5.74, 6) is 0.569. The number of hydrogen-bond acceptors (Lipinski definition) is 6. The van der Waals surface area contributed by atoms with E-state index < -0.39 is 0 Å². The first-order valence-corrected chi connectivity index (χ1v) is 12.2. The number of amides is 1. The number of nitrogens with one attached hydrogen (secondary N) is 1. The van der Waals surface area contributed by atoms with Crippen LogP contribution in [0.2, 0.25) is 0 Å². The molecule has 8 heteroatoms. The minimum atomic E-state index is -0.243. The lowest BCUT2D eigenvalue weighted by atomic mass is 10.0. The van der Waals surface area contributed by atoms with Crippen LogP contribution in [0.1, 0.15) is 56.8 Å². The number of hydrogen-bond donors (Lipinski definition) is 1. The van der Waals surface area contributed by atoms with Gasteiger partial charge in [0.05, 0.1) is 0 Å². The van der Waals surface area contributed by atoms with Gasteiger partial charge in [0.25, 0.3) is 0 Å². The Balaban J connectivity index is 1.27. The standard InChI is InChI=1S/C23H32FN5OS/c1-17-6-2-3-13-28(17)14-5-12-25-22(30)20-7-4-15-29(20)23-26-21(27-31-23)16-18-8-10-19(24)11-9-18/h8-11,17,20H,2-7,12-16H2,1H3,(H,25,30). The number of piperidine rings is 1. The lowest BCUT2D eigenvalue weighted by molar-refractivity contribution is -0.122. The van der Waals surface area contributed by atoms with Crippen LogP contribution in [0, 0.1) is 5.82 Å². The lowest BCUT2D eigenvalue weighted by Gasteiger charge is -2.33. The molecule has 0 aliphatic carbocycles. The number of rotatable bonds is 8. The van der Waals surface area contributed by atoms with E-state index in [1.165, 1.54) is 49.5 Å². The van der Waals surface area contributed by atoms with Crippen molar-refractivity contribution < 1.29 is 9.18 Å². The molecule has 1 N–H and O–H groups in total. The maximum atomic E-state index is 13.1. The van der Waals surface area contributed by atoms with Crippen molar-refractivity contribution in [3.8, 4) is 0 Å². The molecule has 2 saturated heterocycles. The van der Waals surface area contributed by atoms with Crippen LogP contribution >= 0.6 is 11.5 Å². The zero-order valence-corrected chi connectivity index (χ0v) is 19.0. The molecule has 0 spiro atoms. The number of benzene rings is 1. The van der Waals surface area contributed by atoms with Crippen molar-refractivity contribution in [2.75, 3.05) is 31.1 Å². The minimum absolute atomic E-state index is 0.0967. The van der Waals surface area contributed by atoms with Crippen molar-refractivity contribution in [2.24, 2.45) is 0 Å². The minimum Gasteiger partial charge on any atom is -0.354 e. The molecule has 2 unspecified atom stereocenters. The van der Waals surface area contributed by atoms with E-state index in [9.17, 15) is 9.18 Å². The smallest absolute Gasteiger partial charge is 0.242 e. The summed E-state index contributed by atoms with van der Waals surface area (Å²) in [6, 6.07) is 6.92. The van der Waals surface area contributed by atoms with Crippen LogP contribution in [0.5, 0.6) is 0 Å². The third-order valence-electron chi connectivity index (χ3n) is 6.40. The first kappa shape index (κ1) is 22.1. The zero-order valence-electron chi connectivity index (χ0n) is 18.2. The molecule has 31 heavy (non-hydrogen) atoms. The van der Waals surface area contributed by atoms with Gasteiger partial charge in [0, 0.05) is 43.6 Å². The molecule has 1 amide bonds. The van der Waals surface area contributed by atoms with Gasteiger partial charge < -0.3 is 15.1 Å². The maximum absolute atomic E-state index is 13.1. The summed E-state index contributed by atoms with van der Waals surface area (Å²) < 4.78 is 17.6. The van der Waals surface area contributed by atoms with E-state index in [1.807, 2.05) is 0 Å². The van der Waals surface area contributed by atoms with Crippen molar-refractivity contribution in [3.63, 3.8) is 0 Å². The van der Waals surface area contributed by atoms with E-state index in [0.29, 0.717) is 18.3 Å². The van der Waals surface area contributed by atoms with E-state index >= 15 is 0 Å². The summed E-state index contributed by atoms with van der Waals surface area (Å²) in [5.41, 5.74) is 0.976. The fourth-order valence-corrected chi connectivity index (χ4v) is 5.35. The van der Waals surface area contributed by atoms with Crippen LogP contribution in [-0.4, -0.2) is 58.4 Å². The fourth-order valence-electron chi connectivity index (χ4n) is 4.59. The Bertz CT molecular complexity index is 858. The SMILES string of the molecule is CC1CCCCN1CCCNC(=O)C1CCCN1c1nc(Cc2ccc(F)cc2)ns1. The van der Waals surface area contributed by atoms with E-state index in [4.69, 9.17) is 0 Å². The second kappa shape index (κ2) is 10.5. The van der Waals surface area contributed by atoms with Gasteiger partial charge in [-0.2, -0.15) is 4.37 Å². The van der Waals surface area contributed by atoms with Gasteiger partial charge in [0.15, 0.2) is 0 Å². The molecular formula is C23H32FN5OS. The molecule has 0 radical (unpaired) electrons. The topological polar surface area (TPSA) is 61.4 Å². The number of carbonyl (C=O) groups excluding carboxylic acids is 1. The molecule has 168 valence electrons. The summed E-state index contributed by atoms with van der Waals surface area (Å²) in [7, 11) is 0. The Labute approximate surface area is 188 Å². The summed E-state index contributed by atoms with van der Waals surface area (Å²) in [6.07, 6.45) is 7.30. The Morgan fingerprint density at radius 2 is 2.03 bits per heavy atom. The fraction of sp³-hybridized carbons (Fsp3) is 0.609. The van der Waals surface area contributed by atoms with Crippen LogP contribution in [0.25, 0.3) is 0 Å². The first-order chi connectivity index (χ1) is 15.1. The Morgan fingerprint density at radius 1 is 1.19 bits per heavy atom. The van der Waals surface area contributed by atoms with Gasteiger partial charge in [-0.25, -0.2) is 9.37 Å².